The zero-order valence-corrected chi connectivity index (χ0v) is 41.8. The molecule has 10 heteroatoms. The van der Waals surface area contributed by atoms with Crippen LogP contribution < -0.4 is 9.47 Å². The van der Waals surface area contributed by atoms with Crippen molar-refractivity contribution in [2.45, 2.75) is 130 Å². The lowest BCUT2D eigenvalue weighted by Crippen LogP contribution is -2.34. The fourth-order valence-electron chi connectivity index (χ4n) is 9.14. The molecule has 1 heterocycles. The fraction of sp³-hybridized carbons (Fsp3) is 0.400. The zero-order chi connectivity index (χ0) is 49.6. The quantitative estimate of drug-likeness (QED) is 0.0251. The summed E-state index contributed by atoms with van der Waals surface area (Å²) in [6, 6.07) is 28.6. The Balaban J connectivity index is 1.60. The van der Waals surface area contributed by atoms with Gasteiger partial charge < -0.3 is 28.4 Å². The molecule has 1 aliphatic heterocycles. The number of fused-ring (bicyclic) bond motifs is 8. The highest BCUT2D eigenvalue weighted by Gasteiger charge is 2.39. The van der Waals surface area contributed by atoms with Crippen LogP contribution in [0.1, 0.15) is 177 Å². The third-order valence-electron chi connectivity index (χ3n) is 12.8. The van der Waals surface area contributed by atoms with Crippen LogP contribution in [0.15, 0.2) is 97.1 Å². The summed E-state index contributed by atoms with van der Waals surface area (Å²) >= 11 is 0. The Hall–Kier alpha value is -6.68. The first-order valence-electron chi connectivity index (χ1n) is 25.5. The number of hydrogen-bond donors (Lipinski definition) is 0. The Labute approximate surface area is 412 Å². The molecule has 0 spiro atoms. The molecule has 0 unspecified atom stereocenters. The van der Waals surface area contributed by atoms with E-state index >= 15 is 0 Å². The average molecular weight is 949 g/mol. The molecule has 1 aliphatic rings. The minimum atomic E-state index is -1.08. The van der Waals surface area contributed by atoms with Gasteiger partial charge in [0.2, 0.25) is 0 Å². The van der Waals surface area contributed by atoms with Crippen molar-refractivity contribution in [2.24, 2.45) is 0 Å². The molecule has 0 aliphatic carbocycles. The molecule has 0 saturated heterocycles. The molecule has 10 nitrogen and oxygen atoms in total. The third-order valence-corrected chi connectivity index (χ3v) is 12.8. The van der Waals surface area contributed by atoms with Crippen molar-refractivity contribution in [2.75, 3.05) is 26.4 Å². The van der Waals surface area contributed by atoms with Gasteiger partial charge in [-0.15, -0.1) is 0 Å². The molecular weight excluding hydrogens is 881 g/mol. The third kappa shape index (κ3) is 11.3. The zero-order valence-electron chi connectivity index (χ0n) is 41.8. The standard InChI is InChI=1S/C60H68O10/c1-7-11-21-31-65-56(61)49-35-44-45-36-51(58(63)67-33-23-13-9-3)52(59(64)68-34-24-14-10-4)38-47(45)54-43-29-30-60(41-25-17-15-18-26-41,42-27-19-16-20-28-42)70-55(43)53(69-40(5)6)39-48(54)46(44)37-50(49)57(62)66-32-22-12-8-2/h15-20,25-30,35-40H,7-14,21-24,31-34H2,1-6H3. The second-order valence-electron chi connectivity index (χ2n) is 18.4. The molecule has 0 saturated carbocycles. The molecule has 0 bridgehead atoms. The highest BCUT2D eigenvalue weighted by molar-refractivity contribution is 6.30. The van der Waals surface area contributed by atoms with Crippen molar-refractivity contribution in [3.63, 3.8) is 0 Å². The average Bonchev–Trinajstić information content (AvgIpc) is 3.38. The number of carbonyl (C=O) groups is 4. The van der Waals surface area contributed by atoms with Crippen molar-refractivity contribution in [3.8, 4) is 11.5 Å². The first-order chi connectivity index (χ1) is 34.1. The molecule has 6 aromatic rings. The first kappa shape index (κ1) is 51.2. The van der Waals surface area contributed by atoms with Crippen molar-refractivity contribution in [1.82, 2.24) is 0 Å². The van der Waals surface area contributed by atoms with E-state index in [1.807, 2.05) is 92.7 Å². The predicted octanol–water partition coefficient (Wildman–Crippen LogP) is 14.7. The normalized spacial score (nSPS) is 12.7. The van der Waals surface area contributed by atoms with Crippen LogP contribution in [0.5, 0.6) is 11.5 Å². The molecular formula is C60H68O10. The number of carbonyl (C=O) groups excluding carboxylic acids is 4. The summed E-state index contributed by atoms with van der Waals surface area (Å²) in [5, 5.41) is 3.54. The Morgan fingerprint density at radius 1 is 0.486 bits per heavy atom. The summed E-state index contributed by atoms with van der Waals surface area (Å²) in [4.78, 5) is 57.2. The van der Waals surface area contributed by atoms with Gasteiger partial charge in [-0.05, 0) is 109 Å². The van der Waals surface area contributed by atoms with Gasteiger partial charge in [0.1, 0.15) is 0 Å². The molecule has 0 radical (unpaired) electrons. The van der Waals surface area contributed by atoms with Crippen LogP contribution in [0.25, 0.3) is 38.4 Å². The monoisotopic (exact) mass is 948 g/mol. The van der Waals surface area contributed by atoms with E-state index in [0.717, 1.165) is 62.5 Å². The van der Waals surface area contributed by atoms with Crippen LogP contribution in [-0.2, 0) is 24.5 Å². The van der Waals surface area contributed by atoms with Gasteiger partial charge in [-0.3, -0.25) is 0 Å². The van der Waals surface area contributed by atoms with Crippen LogP contribution >= 0.6 is 0 Å². The number of esters is 4. The molecule has 0 aromatic heterocycles. The number of ether oxygens (including phenoxy) is 6. The van der Waals surface area contributed by atoms with E-state index in [9.17, 15) is 19.2 Å². The van der Waals surface area contributed by atoms with Gasteiger partial charge in [0.05, 0.1) is 54.8 Å². The minimum Gasteiger partial charge on any atom is -0.487 e. The minimum absolute atomic E-state index is 0.0286. The Morgan fingerprint density at radius 3 is 1.21 bits per heavy atom. The SMILES string of the molecule is CCCCCOC(=O)c1cc2c(cc1C(=O)OCCCCC)c1cc(OC(C)C)c3c(c1c1cc(C(=O)OCCCCC)c(C(=O)OCCCCC)cc21)C=CC(c1ccccc1)(c1ccccc1)O3. The van der Waals surface area contributed by atoms with E-state index in [1.54, 1.807) is 24.3 Å². The topological polar surface area (TPSA) is 124 Å². The van der Waals surface area contributed by atoms with Crippen molar-refractivity contribution >= 4 is 62.3 Å². The highest BCUT2D eigenvalue weighted by Crippen LogP contribution is 2.52. The summed E-state index contributed by atoms with van der Waals surface area (Å²) in [5.74, 6) is -1.74. The van der Waals surface area contributed by atoms with Crippen LogP contribution in [-0.4, -0.2) is 56.4 Å². The lowest BCUT2D eigenvalue weighted by atomic mass is 9.82. The predicted molar refractivity (Wildman–Crippen MR) is 277 cm³/mol. The van der Waals surface area contributed by atoms with Crippen molar-refractivity contribution in [1.29, 1.82) is 0 Å². The molecule has 0 amide bonds. The van der Waals surface area contributed by atoms with E-state index in [-0.39, 0.29) is 54.8 Å². The van der Waals surface area contributed by atoms with Gasteiger partial charge in [-0.2, -0.15) is 0 Å². The van der Waals surface area contributed by atoms with Gasteiger partial charge in [0.25, 0.3) is 0 Å². The summed E-state index contributed by atoms with van der Waals surface area (Å²) in [6.45, 7) is 12.9. The molecule has 6 aromatic carbocycles. The van der Waals surface area contributed by atoms with Crippen molar-refractivity contribution < 1.29 is 47.6 Å². The summed E-state index contributed by atoms with van der Waals surface area (Å²) in [7, 11) is 0. The Kier molecular flexibility index (Phi) is 17.7. The summed E-state index contributed by atoms with van der Waals surface area (Å²) in [5.41, 5.74) is 1.53. The lowest BCUT2D eigenvalue weighted by molar-refractivity contribution is 0.0451. The van der Waals surface area contributed by atoms with E-state index in [1.165, 1.54) is 0 Å². The van der Waals surface area contributed by atoms with Crippen LogP contribution in [0.4, 0.5) is 0 Å². The Bertz CT molecular complexity index is 2790. The number of rotatable bonds is 24. The highest BCUT2D eigenvalue weighted by atomic mass is 16.6. The lowest BCUT2D eigenvalue weighted by Gasteiger charge is -2.37. The maximum absolute atomic E-state index is 14.4. The summed E-state index contributed by atoms with van der Waals surface area (Å²) in [6.07, 6.45) is 13.7. The molecule has 7 rings (SSSR count). The first-order valence-corrected chi connectivity index (χ1v) is 25.5. The Morgan fingerprint density at radius 2 is 0.843 bits per heavy atom. The number of hydrogen-bond acceptors (Lipinski definition) is 10. The number of benzene rings is 6. The van der Waals surface area contributed by atoms with E-state index in [2.05, 4.69) is 27.7 Å². The van der Waals surface area contributed by atoms with Crippen LogP contribution in [0.2, 0.25) is 0 Å². The van der Waals surface area contributed by atoms with Crippen LogP contribution in [0, 0.1) is 0 Å². The second kappa shape index (κ2) is 24.2. The second-order valence-corrected chi connectivity index (χ2v) is 18.4. The molecule has 70 heavy (non-hydrogen) atoms. The van der Waals surface area contributed by atoms with Gasteiger partial charge in [0.15, 0.2) is 17.1 Å². The van der Waals surface area contributed by atoms with Gasteiger partial charge in [-0.25, -0.2) is 19.2 Å². The maximum Gasteiger partial charge on any atom is 0.339 e. The van der Waals surface area contributed by atoms with Crippen LogP contribution in [0.3, 0.4) is 0 Å². The van der Waals surface area contributed by atoms with Gasteiger partial charge in [-0.1, -0.05) is 140 Å². The molecule has 0 atom stereocenters. The van der Waals surface area contributed by atoms with E-state index in [4.69, 9.17) is 28.4 Å². The molecule has 0 N–H and O–H groups in total. The molecule has 368 valence electrons. The van der Waals surface area contributed by atoms with Gasteiger partial charge >= 0.3 is 23.9 Å². The van der Waals surface area contributed by atoms with Crippen molar-refractivity contribution in [3.05, 3.63) is 136 Å². The smallest absolute Gasteiger partial charge is 0.339 e. The van der Waals surface area contributed by atoms with E-state index < -0.39 is 29.5 Å². The molecule has 0 fully saturated rings. The largest absolute Gasteiger partial charge is 0.487 e. The van der Waals surface area contributed by atoms with E-state index in [0.29, 0.717) is 75.1 Å². The number of unbranched alkanes of at least 4 members (excludes halogenated alkanes) is 8. The van der Waals surface area contributed by atoms with Gasteiger partial charge in [0, 0.05) is 22.1 Å². The summed E-state index contributed by atoms with van der Waals surface area (Å²) < 4.78 is 37.6. The fourth-order valence-corrected chi connectivity index (χ4v) is 9.14. The maximum atomic E-state index is 14.4.